The molecule has 24 heavy (non-hydrogen) atoms. The fraction of sp³-hybridized carbons (Fsp3) is 0.529. The Morgan fingerprint density at radius 3 is 2.62 bits per heavy atom. The second-order valence-electron chi connectivity index (χ2n) is 6.10. The first-order chi connectivity index (χ1) is 11.1. The van der Waals surface area contributed by atoms with E-state index in [0.717, 1.165) is 25.9 Å². The van der Waals surface area contributed by atoms with Crippen LogP contribution in [0.1, 0.15) is 19.8 Å². The van der Waals surface area contributed by atoms with Crippen LogP contribution >= 0.6 is 12.4 Å². The van der Waals surface area contributed by atoms with Crippen molar-refractivity contribution < 1.29 is 14.3 Å². The van der Waals surface area contributed by atoms with Gasteiger partial charge in [-0.25, -0.2) is 0 Å². The van der Waals surface area contributed by atoms with Crippen LogP contribution in [0.4, 0.5) is 5.69 Å². The number of nitrogens with zero attached hydrogens (tertiary/aromatic N) is 2. The lowest BCUT2D eigenvalue weighted by atomic mass is 10.1. The Bertz CT molecular complexity index is 602. The zero-order chi connectivity index (χ0) is 16.4. The Morgan fingerprint density at radius 1 is 1.29 bits per heavy atom. The molecule has 2 heterocycles. The van der Waals surface area contributed by atoms with Crippen LogP contribution in [-0.4, -0.2) is 55.5 Å². The zero-order valence-corrected chi connectivity index (χ0v) is 14.8. The molecule has 3 rings (SSSR count). The molecule has 1 aromatic rings. The number of hydrogen-bond donors (Lipinski definition) is 1. The normalized spacial score (nSPS) is 20.9. The number of ether oxygens (including phenoxy) is 1. The van der Waals surface area contributed by atoms with Crippen LogP contribution in [0.5, 0.6) is 5.75 Å². The molecule has 1 atom stereocenters. The number of amides is 2. The summed E-state index contributed by atoms with van der Waals surface area (Å²) in [4.78, 5) is 28.4. The van der Waals surface area contributed by atoms with Gasteiger partial charge in [0.1, 0.15) is 12.3 Å². The molecule has 0 aliphatic carbocycles. The van der Waals surface area contributed by atoms with E-state index in [1.54, 1.807) is 11.8 Å². The average Bonchev–Trinajstić information content (AvgIpc) is 2.59. The molecule has 1 fully saturated rings. The maximum Gasteiger partial charge on any atom is 0.268 e. The second kappa shape index (κ2) is 7.85. The van der Waals surface area contributed by atoms with Gasteiger partial charge in [0.15, 0.2) is 6.10 Å². The summed E-state index contributed by atoms with van der Waals surface area (Å²) in [6, 6.07) is 7.84. The van der Waals surface area contributed by atoms with Crippen LogP contribution in [0.2, 0.25) is 0 Å². The molecule has 1 N–H and O–H groups in total. The summed E-state index contributed by atoms with van der Waals surface area (Å²) in [7, 11) is 1.95. The van der Waals surface area contributed by atoms with Crippen LogP contribution in [0.3, 0.4) is 0 Å². The summed E-state index contributed by atoms with van der Waals surface area (Å²) >= 11 is 0. The van der Waals surface area contributed by atoms with E-state index in [0.29, 0.717) is 17.5 Å². The van der Waals surface area contributed by atoms with E-state index in [-0.39, 0.29) is 30.8 Å². The quantitative estimate of drug-likeness (QED) is 0.893. The summed E-state index contributed by atoms with van der Waals surface area (Å²) in [6.07, 6.45) is 1.34. The number of halogens is 1. The molecule has 0 bridgehead atoms. The van der Waals surface area contributed by atoms with Gasteiger partial charge in [0.25, 0.3) is 5.91 Å². The number of hydrogen-bond acceptors (Lipinski definition) is 4. The van der Waals surface area contributed by atoms with Gasteiger partial charge in [-0.2, -0.15) is 0 Å². The minimum Gasteiger partial charge on any atom is -0.479 e. The largest absolute Gasteiger partial charge is 0.479 e. The highest BCUT2D eigenvalue weighted by Crippen LogP contribution is 2.33. The molecule has 0 aromatic heterocycles. The van der Waals surface area contributed by atoms with E-state index >= 15 is 0 Å². The molecule has 132 valence electrons. The highest BCUT2D eigenvalue weighted by Gasteiger charge is 2.34. The fourth-order valence-corrected chi connectivity index (χ4v) is 3.17. The number of anilines is 1. The Kier molecular flexibility index (Phi) is 6.07. The summed E-state index contributed by atoms with van der Waals surface area (Å²) in [5, 5.41) is 3.25. The second-order valence-corrected chi connectivity index (χ2v) is 6.10. The smallest absolute Gasteiger partial charge is 0.268 e. The molecule has 0 spiro atoms. The van der Waals surface area contributed by atoms with Crippen molar-refractivity contribution in [1.29, 1.82) is 0 Å². The summed E-state index contributed by atoms with van der Waals surface area (Å²) in [6.45, 7) is 3.27. The van der Waals surface area contributed by atoms with E-state index in [1.165, 1.54) is 0 Å². The minimum atomic E-state index is -0.562. The first kappa shape index (κ1) is 18.5. The molecule has 7 heteroatoms. The lowest BCUT2D eigenvalue weighted by Gasteiger charge is -2.36. The first-order valence-corrected chi connectivity index (χ1v) is 8.12. The van der Waals surface area contributed by atoms with E-state index in [9.17, 15) is 9.59 Å². The van der Waals surface area contributed by atoms with E-state index in [4.69, 9.17) is 4.74 Å². The average molecular weight is 354 g/mol. The molecule has 1 saturated heterocycles. The van der Waals surface area contributed by atoms with Crippen molar-refractivity contribution in [2.45, 2.75) is 31.9 Å². The van der Waals surface area contributed by atoms with Gasteiger partial charge < -0.3 is 15.0 Å². The maximum atomic E-state index is 12.6. The summed E-state index contributed by atoms with van der Waals surface area (Å²) in [5.74, 6) is 0.486. The molecular weight excluding hydrogens is 330 g/mol. The number of nitrogens with one attached hydrogen (secondary N) is 1. The lowest BCUT2D eigenvalue weighted by molar-refractivity contribution is -0.133. The van der Waals surface area contributed by atoms with Crippen LogP contribution in [0, 0.1) is 0 Å². The number of fused-ring (bicyclic) bond motifs is 1. The first-order valence-electron chi connectivity index (χ1n) is 8.12. The third-order valence-corrected chi connectivity index (χ3v) is 4.62. The van der Waals surface area contributed by atoms with Gasteiger partial charge in [-0.3, -0.25) is 14.5 Å². The maximum absolute atomic E-state index is 12.6. The van der Waals surface area contributed by atoms with Gasteiger partial charge in [-0.15, -0.1) is 12.4 Å². The number of carbonyl (C=O) groups is 2. The number of benzene rings is 1. The van der Waals surface area contributed by atoms with E-state index in [1.807, 2.05) is 36.2 Å². The predicted octanol–water partition coefficient (Wildman–Crippen LogP) is 1.43. The fourth-order valence-electron chi connectivity index (χ4n) is 3.17. The molecule has 2 aliphatic rings. The molecule has 2 amide bonds. The third-order valence-electron chi connectivity index (χ3n) is 4.62. The lowest BCUT2D eigenvalue weighted by Crippen LogP contribution is -2.51. The van der Waals surface area contributed by atoms with Gasteiger partial charge in [0, 0.05) is 19.1 Å². The predicted molar refractivity (Wildman–Crippen MR) is 94.8 cm³/mol. The molecule has 1 aromatic carbocycles. The Morgan fingerprint density at radius 2 is 1.96 bits per heavy atom. The van der Waals surface area contributed by atoms with Crippen LogP contribution in [-0.2, 0) is 9.59 Å². The SMILES string of the molecule is CNC1CCN(C(=O)CN2C(=O)C(C)Oc3ccccc32)CC1.Cl. The number of likely N-dealkylation sites (tertiary alicyclic amines) is 1. The standard InChI is InChI=1S/C17H23N3O3.ClH/c1-12-17(22)20(14-5-3-4-6-15(14)23-12)11-16(21)19-9-7-13(18-2)8-10-19;/h3-6,12-13,18H,7-11H2,1-2H3;1H. The van der Waals surface area contributed by atoms with Crippen LogP contribution in [0.15, 0.2) is 24.3 Å². The van der Waals surface area contributed by atoms with Crippen LogP contribution < -0.4 is 15.0 Å². The van der Waals surface area contributed by atoms with Gasteiger partial charge >= 0.3 is 0 Å². The Hall–Kier alpha value is -1.79. The van der Waals surface area contributed by atoms with Crippen molar-refractivity contribution in [3.05, 3.63) is 24.3 Å². The van der Waals surface area contributed by atoms with Crippen molar-refractivity contribution in [1.82, 2.24) is 10.2 Å². The van der Waals surface area contributed by atoms with E-state index < -0.39 is 6.10 Å². The zero-order valence-electron chi connectivity index (χ0n) is 14.0. The van der Waals surface area contributed by atoms with Crippen LogP contribution in [0.25, 0.3) is 0 Å². The monoisotopic (exact) mass is 353 g/mol. The van der Waals surface area contributed by atoms with Gasteiger partial charge in [-0.1, -0.05) is 12.1 Å². The van der Waals surface area contributed by atoms with Gasteiger partial charge in [0.05, 0.1) is 5.69 Å². The minimum absolute atomic E-state index is 0. The number of rotatable bonds is 3. The van der Waals surface area contributed by atoms with Gasteiger partial charge in [0.2, 0.25) is 5.91 Å². The van der Waals surface area contributed by atoms with Gasteiger partial charge in [-0.05, 0) is 38.9 Å². The number of carbonyl (C=O) groups excluding carboxylic acids is 2. The molecule has 0 radical (unpaired) electrons. The Balaban J connectivity index is 0.00000208. The van der Waals surface area contributed by atoms with E-state index in [2.05, 4.69) is 5.32 Å². The van der Waals surface area contributed by atoms with Crippen molar-refractivity contribution >= 4 is 29.9 Å². The Labute approximate surface area is 148 Å². The molecule has 2 aliphatic heterocycles. The highest BCUT2D eigenvalue weighted by atomic mass is 35.5. The number of para-hydroxylation sites is 2. The third kappa shape index (κ3) is 3.65. The summed E-state index contributed by atoms with van der Waals surface area (Å²) in [5.41, 5.74) is 0.675. The van der Waals surface area contributed by atoms with Crippen molar-refractivity contribution in [2.24, 2.45) is 0 Å². The molecule has 1 unspecified atom stereocenters. The van der Waals surface area contributed by atoms with Crippen molar-refractivity contribution in [3.63, 3.8) is 0 Å². The van der Waals surface area contributed by atoms with Crippen molar-refractivity contribution in [2.75, 3.05) is 31.6 Å². The van der Waals surface area contributed by atoms with Crippen molar-refractivity contribution in [3.8, 4) is 5.75 Å². The highest BCUT2D eigenvalue weighted by molar-refractivity contribution is 6.03. The molecular formula is C17H24ClN3O3. The summed E-state index contributed by atoms with van der Waals surface area (Å²) < 4.78 is 5.61. The number of piperidine rings is 1. The topological polar surface area (TPSA) is 61.9 Å². The molecule has 6 nitrogen and oxygen atoms in total. The molecule has 0 saturated carbocycles.